The van der Waals surface area contributed by atoms with Gasteiger partial charge in [0.15, 0.2) is 11.5 Å². The average Bonchev–Trinajstić information content (AvgIpc) is 2.71. The predicted octanol–water partition coefficient (Wildman–Crippen LogP) is 1.66. The van der Waals surface area contributed by atoms with Crippen molar-refractivity contribution in [3.05, 3.63) is 47.5 Å². The van der Waals surface area contributed by atoms with Crippen molar-refractivity contribution in [3.63, 3.8) is 0 Å². The van der Waals surface area contributed by atoms with Gasteiger partial charge in [0.2, 0.25) is 15.8 Å². The molecule has 1 aliphatic rings. The number of hydrogen-bond acceptors (Lipinski definition) is 7. The van der Waals surface area contributed by atoms with E-state index in [2.05, 4.69) is 5.32 Å². The molecule has 1 aliphatic heterocycles. The van der Waals surface area contributed by atoms with Crippen molar-refractivity contribution >= 4 is 27.7 Å². The number of carbonyl (C=O) groups is 1. The number of carbonyl (C=O) groups excluding carboxylic acids is 1. The maximum Gasteiger partial charge on any atom is 0.266 e. The highest BCUT2D eigenvalue weighted by Crippen LogP contribution is 2.40. The third kappa shape index (κ3) is 4.66. The predicted molar refractivity (Wildman–Crippen MR) is 104 cm³/mol. The number of fused-ring (bicyclic) bond motifs is 1. The van der Waals surface area contributed by atoms with Crippen molar-refractivity contribution in [2.75, 3.05) is 25.6 Å². The van der Waals surface area contributed by atoms with Crippen LogP contribution in [0.1, 0.15) is 5.56 Å². The van der Waals surface area contributed by atoms with E-state index in [4.69, 9.17) is 19.3 Å². The van der Waals surface area contributed by atoms with Crippen molar-refractivity contribution in [2.24, 2.45) is 5.14 Å². The van der Waals surface area contributed by atoms with Crippen LogP contribution >= 0.6 is 0 Å². The summed E-state index contributed by atoms with van der Waals surface area (Å²) in [5, 5.41) is 17.0. The fraction of sp³-hybridized carbons (Fsp3) is 0.158. The molecule has 1 heterocycles. The van der Waals surface area contributed by atoms with E-state index in [0.29, 0.717) is 41.7 Å². The summed E-state index contributed by atoms with van der Waals surface area (Å²) < 4.78 is 38.9. The molecule has 0 fully saturated rings. The summed E-state index contributed by atoms with van der Waals surface area (Å²) in [5.74, 6) is 0.682. The van der Waals surface area contributed by atoms with Crippen LogP contribution in [0.3, 0.4) is 0 Å². The molecule has 0 saturated carbocycles. The van der Waals surface area contributed by atoms with Gasteiger partial charge in [-0.15, -0.1) is 0 Å². The highest BCUT2D eigenvalue weighted by molar-refractivity contribution is 7.89. The first-order valence-electron chi connectivity index (χ1n) is 8.35. The van der Waals surface area contributed by atoms with Crippen molar-refractivity contribution in [1.82, 2.24) is 0 Å². The quantitative estimate of drug-likeness (QED) is 0.559. The Labute approximate surface area is 167 Å². The van der Waals surface area contributed by atoms with Crippen molar-refractivity contribution in [3.8, 4) is 23.3 Å². The Hall–Kier alpha value is -3.55. The number of nitrogens with zero attached hydrogens (tertiary/aromatic N) is 1. The van der Waals surface area contributed by atoms with Crippen LogP contribution in [-0.2, 0) is 14.8 Å². The molecular formula is C19H17N3O6S. The van der Waals surface area contributed by atoms with Crippen molar-refractivity contribution in [2.45, 2.75) is 4.90 Å². The fourth-order valence-electron chi connectivity index (χ4n) is 2.62. The Balaban J connectivity index is 1.84. The zero-order valence-corrected chi connectivity index (χ0v) is 16.2. The number of anilines is 1. The van der Waals surface area contributed by atoms with Gasteiger partial charge in [0.25, 0.3) is 5.91 Å². The molecule has 0 atom stereocenters. The molecule has 3 rings (SSSR count). The molecule has 10 heteroatoms. The molecule has 0 bridgehead atoms. The number of nitrogens with one attached hydrogen (secondary N) is 1. The van der Waals surface area contributed by atoms with E-state index >= 15 is 0 Å². The summed E-state index contributed by atoms with van der Waals surface area (Å²) >= 11 is 0. The number of hydrogen-bond donors (Lipinski definition) is 2. The van der Waals surface area contributed by atoms with Crippen LogP contribution in [-0.4, -0.2) is 34.6 Å². The molecule has 1 amide bonds. The summed E-state index contributed by atoms with van der Waals surface area (Å²) in [4.78, 5) is 12.4. The first-order chi connectivity index (χ1) is 13.8. The highest BCUT2D eigenvalue weighted by Gasteiger charge is 2.19. The van der Waals surface area contributed by atoms with Gasteiger partial charge in [-0.05, 0) is 48.0 Å². The summed E-state index contributed by atoms with van der Waals surface area (Å²) in [6, 6.07) is 10.4. The van der Waals surface area contributed by atoms with E-state index in [-0.39, 0.29) is 10.5 Å². The highest BCUT2D eigenvalue weighted by atomic mass is 32.2. The SMILES string of the molecule is COc1cc(C=C(C#N)C(=O)Nc2ccc(S(N)(=O)=O)cc2)cc2c1OCCO2. The molecule has 29 heavy (non-hydrogen) atoms. The van der Waals surface area contributed by atoms with Crippen LogP contribution in [0.25, 0.3) is 6.08 Å². The molecular weight excluding hydrogens is 398 g/mol. The van der Waals surface area contributed by atoms with E-state index in [1.807, 2.05) is 6.07 Å². The van der Waals surface area contributed by atoms with E-state index in [9.17, 15) is 18.5 Å². The first kappa shape index (κ1) is 20.2. The summed E-state index contributed by atoms with van der Waals surface area (Å²) in [6.45, 7) is 0.776. The van der Waals surface area contributed by atoms with Crippen LogP contribution in [0.2, 0.25) is 0 Å². The van der Waals surface area contributed by atoms with Gasteiger partial charge in [-0.3, -0.25) is 4.79 Å². The average molecular weight is 415 g/mol. The smallest absolute Gasteiger partial charge is 0.266 e. The molecule has 2 aromatic rings. The van der Waals surface area contributed by atoms with E-state index in [0.717, 1.165) is 0 Å². The third-order valence-electron chi connectivity index (χ3n) is 3.97. The second-order valence-corrected chi connectivity index (χ2v) is 7.50. The largest absolute Gasteiger partial charge is 0.493 e. The molecule has 0 saturated heterocycles. The fourth-order valence-corrected chi connectivity index (χ4v) is 3.13. The third-order valence-corrected chi connectivity index (χ3v) is 4.90. The van der Waals surface area contributed by atoms with E-state index in [1.165, 1.54) is 37.5 Å². The van der Waals surface area contributed by atoms with Gasteiger partial charge in [0, 0.05) is 5.69 Å². The lowest BCUT2D eigenvalue weighted by molar-refractivity contribution is -0.112. The van der Waals surface area contributed by atoms with Gasteiger partial charge in [-0.25, -0.2) is 13.6 Å². The molecule has 150 valence electrons. The molecule has 0 radical (unpaired) electrons. The maximum absolute atomic E-state index is 12.4. The Kier molecular flexibility index (Phi) is 5.72. The van der Waals surface area contributed by atoms with Gasteiger partial charge in [0.1, 0.15) is 24.9 Å². The maximum atomic E-state index is 12.4. The van der Waals surface area contributed by atoms with Gasteiger partial charge in [0.05, 0.1) is 12.0 Å². The molecule has 0 unspecified atom stereocenters. The summed E-state index contributed by atoms with van der Waals surface area (Å²) in [6.07, 6.45) is 1.38. The number of ether oxygens (including phenoxy) is 3. The second-order valence-electron chi connectivity index (χ2n) is 5.94. The molecule has 0 aliphatic carbocycles. The summed E-state index contributed by atoms with van der Waals surface area (Å²) in [7, 11) is -2.36. The molecule has 2 aromatic carbocycles. The van der Waals surface area contributed by atoms with Crippen LogP contribution < -0.4 is 24.7 Å². The van der Waals surface area contributed by atoms with Crippen molar-refractivity contribution < 1.29 is 27.4 Å². The topological polar surface area (TPSA) is 141 Å². The normalized spacial score (nSPS) is 13.3. The Morgan fingerprint density at radius 3 is 2.55 bits per heavy atom. The minimum Gasteiger partial charge on any atom is -0.493 e. The van der Waals surface area contributed by atoms with Crippen LogP contribution in [0.15, 0.2) is 46.9 Å². The zero-order chi connectivity index (χ0) is 21.0. The van der Waals surface area contributed by atoms with Gasteiger partial charge in [-0.2, -0.15) is 5.26 Å². The number of sulfonamides is 1. The van der Waals surface area contributed by atoms with Gasteiger partial charge in [-0.1, -0.05) is 0 Å². The number of amides is 1. The first-order valence-corrected chi connectivity index (χ1v) is 9.90. The number of nitriles is 1. The lowest BCUT2D eigenvalue weighted by Crippen LogP contribution is -2.16. The molecule has 3 N–H and O–H groups in total. The molecule has 9 nitrogen and oxygen atoms in total. The van der Waals surface area contributed by atoms with Gasteiger partial charge >= 0.3 is 0 Å². The number of primary sulfonamides is 1. The Bertz CT molecular complexity index is 1100. The zero-order valence-electron chi connectivity index (χ0n) is 15.3. The minimum atomic E-state index is -3.83. The van der Waals surface area contributed by atoms with Crippen LogP contribution in [0.5, 0.6) is 17.2 Å². The minimum absolute atomic E-state index is 0.0880. The standard InChI is InChI=1S/C19H17N3O6S/c1-26-16-9-12(10-17-18(16)28-7-6-27-17)8-13(11-20)19(23)22-14-2-4-15(5-3-14)29(21,24)25/h2-5,8-10H,6-7H2,1H3,(H,22,23)(H2,21,24,25). The lowest BCUT2D eigenvalue weighted by atomic mass is 10.1. The Morgan fingerprint density at radius 2 is 1.93 bits per heavy atom. The number of benzene rings is 2. The van der Waals surface area contributed by atoms with Crippen LogP contribution in [0.4, 0.5) is 5.69 Å². The van der Waals surface area contributed by atoms with E-state index < -0.39 is 15.9 Å². The number of nitrogens with two attached hydrogens (primary N) is 1. The number of methoxy groups -OCH3 is 1. The number of rotatable bonds is 5. The Morgan fingerprint density at radius 1 is 1.24 bits per heavy atom. The monoisotopic (exact) mass is 415 g/mol. The lowest BCUT2D eigenvalue weighted by Gasteiger charge is -2.21. The molecule has 0 aromatic heterocycles. The second kappa shape index (κ2) is 8.22. The van der Waals surface area contributed by atoms with E-state index in [1.54, 1.807) is 12.1 Å². The van der Waals surface area contributed by atoms with Crippen LogP contribution in [0, 0.1) is 11.3 Å². The molecule has 0 spiro atoms. The summed E-state index contributed by atoms with van der Waals surface area (Å²) in [5.41, 5.74) is 0.657. The van der Waals surface area contributed by atoms with Crippen molar-refractivity contribution in [1.29, 1.82) is 5.26 Å². The van der Waals surface area contributed by atoms with Gasteiger partial charge < -0.3 is 19.5 Å².